The van der Waals surface area contributed by atoms with Crippen molar-refractivity contribution in [2.45, 2.75) is 19.4 Å². The summed E-state index contributed by atoms with van der Waals surface area (Å²) in [5.41, 5.74) is 1.13. The highest BCUT2D eigenvalue weighted by atomic mass is 35.5. The Balaban J connectivity index is 2.32. The number of nitrogens with one attached hydrogen (secondary N) is 1. The normalized spacial score (nSPS) is 12.2. The molecule has 0 aliphatic carbocycles. The van der Waals surface area contributed by atoms with Crippen LogP contribution in [0.15, 0.2) is 48.5 Å². The van der Waals surface area contributed by atoms with Gasteiger partial charge in [-0.3, -0.25) is 13.9 Å². The number of anilines is 1. The van der Waals surface area contributed by atoms with Gasteiger partial charge < -0.3 is 10.2 Å². The number of nitrogens with zero attached hydrogens (tertiary/aromatic N) is 2. The number of amides is 2. The number of benzene rings is 2. The Bertz CT molecular complexity index is 1030. The number of likely N-dealkylation sites (N-methyl/N-ethyl adjacent to an activating group) is 1. The molecule has 0 spiro atoms. The van der Waals surface area contributed by atoms with Crippen LogP contribution in [-0.4, -0.2) is 57.6 Å². The molecule has 0 radical (unpaired) electrons. The van der Waals surface area contributed by atoms with Gasteiger partial charge in [-0.05, 0) is 37.1 Å². The van der Waals surface area contributed by atoms with E-state index in [0.717, 1.165) is 16.1 Å². The summed E-state index contributed by atoms with van der Waals surface area (Å²) in [5, 5.41) is 2.97. The fourth-order valence-electron chi connectivity index (χ4n) is 3.06. The Morgan fingerprint density at radius 1 is 1.10 bits per heavy atom. The Morgan fingerprint density at radius 2 is 1.74 bits per heavy atom. The van der Waals surface area contributed by atoms with Crippen molar-refractivity contribution in [3.8, 4) is 0 Å². The van der Waals surface area contributed by atoms with E-state index in [-0.39, 0.29) is 23.2 Å². The van der Waals surface area contributed by atoms with Crippen LogP contribution in [0.4, 0.5) is 5.69 Å². The minimum Gasteiger partial charge on any atom is -0.357 e. The van der Waals surface area contributed by atoms with E-state index in [9.17, 15) is 18.0 Å². The van der Waals surface area contributed by atoms with Gasteiger partial charge in [0.15, 0.2) is 0 Å². The van der Waals surface area contributed by atoms with Crippen molar-refractivity contribution in [2.75, 3.05) is 30.7 Å². The summed E-state index contributed by atoms with van der Waals surface area (Å²) in [7, 11) is -2.36. The summed E-state index contributed by atoms with van der Waals surface area (Å²) >= 11 is 12.1. The van der Waals surface area contributed by atoms with Crippen LogP contribution in [-0.2, 0) is 26.0 Å². The molecular weight excluding hydrogens is 461 g/mol. The van der Waals surface area contributed by atoms with Gasteiger partial charge in [0.2, 0.25) is 21.8 Å². The summed E-state index contributed by atoms with van der Waals surface area (Å²) in [4.78, 5) is 26.8. The van der Waals surface area contributed by atoms with Gasteiger partial charge in [-0.1, -0.05) is 53.5 Å². The molecule has 2 amide bonds. The van der Waals surface area contributed by atoms with Crippen LogP contribution in [0.3, 0.4) is 0 Å². The molecule has 1 atom stereocenters. The molecule has 0 unspecified atom stereocenters. The number of carbonyl (C=O) groups excluding carboxylic acids is 2. The zero-order valence-electron chi connectivity index (χ0n) is 17.5. The van der Waals surface area contributed by atoms with E-state index in [1.807, 2.05) is 30.3 Å². The van der Waals surface area contributed by atoms with E-state index in [1.54, 1.807) is 6.92 Å². The van der Waals surface area contributed by atoms with E-state index in [0.29, 0.717) is 11.4 Å². The van der Waals surface area contributed by atoms with Gasteiger partial charge in [-0.25, -0.2) is 8.42 Å². The van der Waals surface area contributed by atoms with Crippen LogP contribution in [0.2, 0.25) is 10.0 Å². The number of hydrogen-bond donors (Lipinski definition) is 1. The van der Waals surface area contributed by atoms with Gasteiger partial charge in [0.05, 0.1) is 17.0 Å². The highest BCUT2D eigenvalue weighted by Gasteiger charge is 2.30. The summed E-state index contributed by atoms with van der Waals surface area (Å²) in [6.45, 7) is 1.33. The maximum absolute atomic E-state index is 13.2. The van der Waals surface area contributed by atoms with Crippen molar-refractivity contribution < 1.29 is 18.0 Å². The third-order valence-electron chi connectivity index (χ3n) is 4.76. The second kappa shape index (κ2) is 10.8. The second-order valence-electron chi connectivity index (χ2n) is 6.98. The maximum atomic E-state index is 13.2. The molecule has 1 N–H and O–H groups in total. The molecule has 0 aliphatic rings. The molecule has 10 heteroatoms. The number of halogens is 2. The van der Waals surface area contributed by atoms with E-state index in [2.05, 4.69) is 5.32 Å². The van der Waals surface area contributed by atoms with E-state index < -0.39 is 28.5 Å². The Kier molecular flexibility index (Phi) is 8.73. The Hall–Kier alpha value is -2.29. The van der Waals surface area contributed by atoms with Crippen molar-refractivity contribution >= 4 is 50.7 Å². The first-order chi connectivity index (χ1) is 14.5. The molecule has 2 aromatic rings. The molecule has 2 rings (SSSR count). The predicted molar refractivity (Wildman–Crippen MR) is 124 cm³/mol. The number of carbonyl (C=O) groups is 2. The van der Waals surface area contributed by atoms with Crippen LogP contribution < -0.4 is 9.62 Å². The van der Waals surface area contributed by atoms with Crippen molar-refractivity contribution in [1.82, 2.24) is 10.2 Å². The van der Waals surface area contributed by atoms with Crippen molar-refractivity contribution in [3.05, 3.63) is 64.1 Å². The van der Waals surface area contributed by atoms with Crippen molar-refractivity contribution in [1.29, 1.82) is 0 Å². The lowest BCUT2D eigenvalue weighted by Crippen LogP contribution is -2.51. The second-order valence-corrected chi connectivity index (χ2v) is 9.73. The minimum atomic E-state index is -3.84. The summed E-state index contributed by atoms with van der Waals surface area (Å²) in [6, 6.07) is 13.0. The van der Waals surface area contributed by atoms with Crippen molar-refractivity contribution in [3.63, 3.8) is 0 Å². The summed E-state index contributed by atoms with van der Waals surface area (Å²) < 4.78 is 25.8. The lowest BCUT2D eigenvalue weighted by Gasteiger charge is -2.31. The van der Waals surface area contributed by atoms with Gasteiger partial charge in [-0.15, -0.1) is 0 Å². The first-order valence-electron chi connectivity index (χ1n) is 9.52. The van der Waals surface area contributed by atoms with Gasteiger partial charge >= 0.3 is 0 Å². The van der Waals surface area contributed by atoms with E-state index in [1.165, 1.54) is 30.1 Å². The molecule has 0 aromatic heterocycles. The smallest absolute Gasteiger partial charge is 0.244 e. The van der Waals surface area contributed by atoms with E-state index >= 15 is 0 Å². The lowest BCUT2D eigenvalue weighted by atomic mass is 10.1. The first-order valence-corrected chi connectivity index (χ1v) is 12.1. The maximum Gasteiger partial charge on any atom is 0.244 e. The molecule has 2 aromatic carbocycles. The average Bonchev–Trinajstić information content (AvgIpc) is 2.72. The fraction of sp³-hybridized carbons (Fsp3) is 0.333. The first kappa shape index (κ1) is 25.0. The highest BCUT2D eigenvalue weighted by molar-refractivity contribution is 7.92. The summed E-state index contributed by atoms with van der Waals surface area (Å²) in [6.07, 6.45) is 1.50. The van der Waals surface area contributed by atoms with Crippen LogP contribution in [0, 0.1) is 0 Å². The third-order valence-corrected chi connectivity index (χ3v) is 6.42. The molecule has 0 fully saturated rings. The lowest BCUT2D eigenvalue weighted by molar-refractivity contribution is -0.138. The van der Waals surface area contributed by atoms with E-state index in [4.69, 9.17) is 23.2 Å². The topological polar surface area (TPSA) is 86.8 Å². The summed E-state index contributed by atoms with van der Waals surface area (Å²) in [5.74, 6) is -0.875. The van der Waals surface area contributed by atoms with Crippen LogP contribution in [0.25, 0.3) is 0 Å². The predicted octanol–water partition coefficient (Wildman–Crippen LogP) is 2.97. The van der Waals surface area contributed by atoms with Gasteiger partial charge in [0.25, 0.3) is 0 Å². The van der Waals surface area contributed by atoms with Gasteiger partial charge in [-0.2, -0.15) is 0 Å². The number of rotatable bonds is 9. The zero-order chi connectivity index (χ0) is 23.2. The zero-order valence-corrected chi connectivity index (χ0v) is 19.8. The SMILES string of the molecule is CNC(=O)[C@H](C)N(CCc1ccccc1)C(=O)CN(c1ccc(Cl)cc1Cl)S(C)(=O)=O. The molecule has 0 heterocycles. The molecule has 0 bridgehead atoms. The standard InChI is InChI=1S/C21H25Cl2N3O4S/c1-15(21(28)24-2)25(12-11-16-7-5-4-6-8-16)20(27)14-26(31(3,29)30)19-10-9-17(22)13-18(19)23/h4-10,13,15H,11-12,14H2,1-3H3,(H,24,28)/t15-/m0/s1. The van der Waals surface area contributed by atoms with Gasteiger partial charge in [0, 0.05) is 18.6 Å². The third kappa shape index (κ3) is 6.85. The Morgan fingerprint density at radius 3 is 2.29 bits per heavy atom. The average molecular weight is 486 g/mol. The van der Waals surface area contributed by atoms with Crippen LogP contribution >= 0.6 is 23.2 Å². The molecule has 0 aliphatic heterocycles. The van der Waals surface area contributed by atoms with Crippen LogP contribution in [0.1, 0.15) is 12.5 Å². The molecule has 0 saturated heterocycles. The fourth-order valence-corrected chi connectivity index (χ4v) is 4.48. The molecular formula is C21H25Cl2N3O4S. The van der Waals surface area contributed by atoms with Crippen LogP contribution in [0.5, 0.6) is 0 Å². The quantitative estimate of drug-likeness (QED) is 0.591. The molecule has 168 valence electrons. The largest absolute Gasteiger partial charge is 0.357 e. The molecule has 0 saturated carbocycles. The molecule has 31 heavy (non-hydrogen) atoms. The van der Waals surface area contributed by atoms with Crippen molar-refractivity contribution in [2.24, 2.45) is 0 Å². The Labute approximate surface area is 193 Å². The highest BCUT2D eigenvalue weighted by Crippen LogP contribution is 2.30. The minimum absolute atomic E-state index is 0.0981. The van der Waals surface area contributed by atoms with Gasteiger partial charge in [0.1, 0.15) is 12.6 Å². The number of sulfonamides is 1. The number of hydrogen-bond acceptors (Lipinski definition) is 4. The molecule has 7 nitrogen and oxygen atoms in total. The monoisotopic (exact) mass is 485 g/mol.